The van der Waals surface area contributed by atoms with Gasteiger partial charge in [-0.25, -0.2) is 14.8 Å². The van der Waals surface area contributed by atoms with Gasteiger partial charge in [-0.3, -0.25) is 0 Å². The molecule has 1 saturated carbocycles. The highest BCUT2D eigenvalue weighted by atomic mass is 16.5. The Morgan fingerprint density at radius 2 is 1.33 bits per heavy atom. The minimum Gasteiger partial charge on any atom is -0.494 e. The number of hydrogen-bond donors (Lipinski definition) is 0. The van der Waals surface area contributed by atoms with E-state index in [-0.39, 0.29) is 5.97 Å². The number of esters is 1. The van der Waals surface area contributed by atoms with Crippen LogP contribution in [0.15, 0.2) is 60.9 Å². The summed E-state index contributed by atoms with van der Waals surface area (Å²) in [5.74, 6) is 3.38. The number of carbonyl (C=O) groups excluding carboxylic acids is 1. The van der Waals surface area contributed by atoms with Crippen molar-refractivity contribution in [1.82, 2.24) is 9.97 Å². The molecule has 1 aromatic heterocycles. The van der Waals surface area contributed by atoms with Crippen LogP contribution in [0.2, 0.25) is 0 Å². The molecule has 0 bridgehead atoms. The SMILES string of the molecule is CCCCCCCc1cnc(-c2ccc(C(=O)Oc3ccc(OCCCC4CCCCC4CCCCC)cc3)cc2)nc1. The largest absolute Gasteiger partial charge is 0.494 e. The van der Waals surface area contributed by atoms with E-state index in [1.54, 1.807) is 24.3 Å². The van der Waals surface area contributed by atoms with Crippen molar-refractivity contribution >= 4 is 5.97 Å². The van der Waals surface area contributed by atoms with Gasteiger partial charge in [-0.15, -0.1) is 0 Å². The highest BCUT2D eigenvalue weighted by Crippen LogP contribution is 2.36. The second-order valence-electron chi connectivity index (χ2n) is 12.3. The first-order valence-electron chi connectivity index (χ1n) is 17.0. The van der Waals surface area contributed by atoms with Crippen LogP contribution in [0.25, 0.3) is 11.4 Å². The average molecular weight is 585 g/mol. The summed E-state index contributed by atoms with van der Waals surface area (Å²) >= 11 is 0. The van der Waals surface area contributed by atoms with Gasteiger partial charge in [-0.05, 0) is 79.5 Å². The van der Waals surface area contributed by atoms with E-state index in [0.717, 1.165) is 42.6 Å². The highest BCUT2D eigenvalue weighted by Gasteiger charge is 2.24. The topological polar surface area (TPSA) is 61.3 Å². The molecule has 0 radical (unpaired) electrons. The van der Waals surface area contributed by atoms with Crippen LogP contribution in [0.3, 0.4) is 0 Å². The highest BCUT2D eigenvalue weighted by molar-refractivity contribution is 5.91. The zero-order valence-corrected chi connectivity index (χ0v) is 26.6. The van der Waals surface area contributed by atoms with Crippen molar-refractivity contribution < 1.29 is 14.3 Å². The number of aryl methyl sites for hydroxylation is 1. The van der Waals surface area contributed by atoms with E-state index in [4.69, 9.17) is 9.47 Å². The molecular weight excluding hydrogens is 532 g/mol. The number of ether oxygens (including phenoxy) is 2. The summed E-state index contributed by atoms with van der Waals surface area (Å²) in [4.78, 5) is 21.8. The summed E-state index contributed by atoms with van der Waals surface area (Å²) in [7, 11) is 0. The van der Waals surface area contributed by atoms with Crippen LogP contribution in [0.1, 0.15) is 126 Å². The molecule has 1 fully saturated rings. The van der Waals surface area contributed by atoms with Gasteiger partial charge in [0.1, 0.15) is 11.5 Å². The van der Waals surface area contributed by atoms with Gasteiger partial charge in [0.25, 0.3) is 0 Å². The number of benzene rings is 2. The lowest BCUT2D eigenvalue weighted by Gasteiger charge is -2.31. The first kappa shape index (κ1) is 32.7. The maximum Gasteiger partial charge on any atom is 0.343 e. The number of hydrogen-bond acceptors (Lipinski definition) is 5. The van der Waals surface area contributed by atoms with Crippen LogP contribution < -0.4 is 9.47 Å². The number of nitrogens with zero attached hydrogens (tertiary/aromatic N) is 2. The lowest BCUT2D eigenvalue weighted by Crippen LogP contribution is -2.20. The Balaban J connectivity index is 1.18. The van der Waals surface area contributed by atoms with Gasteiger partial charge in [-0.1, -0.05) is 103 Å². The van der Waals surface area contributed by atoms with E-state index < -0.39 is 0 Å². The van der Waals surface area contributed by atoms with Crippen LogP contribution in [-0.2, 0) is 6.42 Å². The van der Waals surface area contributed by atoms with Crippen molar-refractivity contribution in [3.8, 4) is 22.9 Å². The molecule has 0 amide bonds. The van der Waals surface area contributed by atoms with Crippen molar-refractivity contribution in [2.45, 2.75) is 117 Å². The van der Waals surface area contributed by atoms with Crippen molar-refractivity contribution in [2.75, 3.05) is 6.61 Å². The normalized spacial score (nSPS) is 16.6. The van der Waals surface area contributed by atoms with E-state index >= 15 is 0 Å². The molecule has 2 atom stereocenters. The predicted molar refractivity (Wildman–Crippen MR) is 176 cm³/mol. The number of unbranched alkanes of at least 4 members (excludes halogenated alkanes) is 6. The molecule has 232 valence electrons. The summed E-state index contributed by atoms with van der Waals surface area (Å²) in [5, 5.41) is 0. The fourth-order valence-electron chi connectivity index (χ4n) is 6.33. The molecule has 4 rings (SSSR count). The molecule has 3 aromatic rings. The van der Waals surface area contributed by atoms with Gasteiger partial charge in [0.15, 0.2) is 5.82 Å². The molecule has 2 aromatic carbocycles. The lowest BCUT2D eigenvalue weighted by atomic mass is 9.74. The Morgan fingerprint density at radius 1 is 0.721 bits per heavy atom. The maximum atomic E-state index is 12.7. The van der Waals surface area contributed by atoms with Gasteiger partial charge in [0.05, 0.1) is 12.2 Å². The predicted octanol–water partition coefficient (Wildman–Crippen LogP) is 10.4. The number of rotatable bonds is 18. The second-order valence-corrected chi connectivity index (χ2v) is 12.3. The van der Waals surface area contributed by atoms with Gasteiger partial charge in [0, 0.05) is 18.0 Å². The van der Waals surface area contributed by atoms with Gasteiger partial charge in [0.2, 0.25) is 0 Å². The summed E-state index contributed by atoms with van der Waals surface area (Å²) in [5.41, 5.74) is 2.54. The summed E-state index contributed by atoms with van der Waals surface area (Å²) in [6.45, 7) is 5.25. The third kappa shape index (κ3) is 11.1. The average Bonchev–Trinajstić information content (AvgIpc) is 3.05. The van der Waals surface area contributed by atoms with E-state index in [0.29, 0.717) is 17.1 Å². The number of carbonyl (C=O) groups is 1. The third-order valence-electron chi connectivity index (χ3n) is 8.92. The Bertz CT molecular complexity index is 1190. The molecule has 1 aliphatic carbocycles. The van der Waals surface area contributed by atoms with E-state index in [1.165, 1.54) is 95.5 Å². The van der Waals surface area contributed by atoms with Crippen molar-refractivity contribution in [2.24, 2.45) is 11.8 Å². The zero-order valence-electron chi connectivity index (χ0n) is 26.6. The third-order valence-corrected chi connectivity index (χ3v) is 8.92. The van der Waals surface area contributed by atoms with Crippen molar-refractivity contribution in [1.29, 1.82) is 0 Å². The monoisotopic (exact) mass is 584 g/mol. The maximum absolute atomic E-state index is 12.7. The second kappa shape index (κ2) is 18.5. The van der Waals surface area contributed by atoms with Crippen LogP contribution in [0.4, 0.5) is 0 Å². The molecule has 43 heavy (non-hydrogen) atoms. The molecule has 0 N–H and O–H groups in total. The molecule has 5 nitrogen and oxygen atoms in total. The van der Waals surface area contributed by atoms with Crippen molar-refractivity contribution in [3.63, 3.8) is 0 Å². The van der Waals surface area contributed by atoms with Crippen LogP contribution >= 0.6 is 0 Å². The molecule has 0 aliphatic heterocycles. The Morgan fingerprint density at radius 3 is 2.00 bits per heavy atom. The molecule has 0 saturated heterocycles. The molecule has 2 unspecified atom stereocenters. The van der Waals surface area contributed by atoms with E-state index in [9.17, 15) is 4.79 Å². The summed E-state index contributed by atoms with van der Waals surface area (Å²) in [6.07, 6.45) is 24.6. The lowest BCUT2D eigenvalue weighted by molar-refractivity contribution is 0.0734. The van der Waals surface area contributed by atoms with Crippen LogP contribution in [-0.4, -0.2) is 22.5 Å². The minimum absolute atomic E-state index is 0.388. The van der Waals surface area contributed by atoms with Gasteiger partial charge < -0.3 is 9.47 Å². The van der Waals surface area contributed by atoms with Crippen molar-refractivity contribution in [3.05, 3.63) is 72.1 Å². The quantitative estimate of drug-likeness (QED) is 0.0845. The van der Waals surface area contributed by atoms with Crippen LogP contribution in [0, 0.1) is 11.8 Å². The summed E-state index contributed by atoms with van der Waals surface area (Å²) < 4.78 is 11.6. The molecule has 1 heterocycles. The van der Waals surface area contributed by atoms with Gasteiger partial charge >= 0.3 is 5.97 Å². The smallest absolute Gasteiger partial charge is 0.343 e. The molecule has 0 spiro atoms. The first-order valence-corrected chi connectivity index (χ1v) is 17.0. The summed E-state index contributed by atoms with van der Waals surface area (Å²) in [6, 6.07) is 14.6. The standard InChI is InChI=1S/C38H52N2O3/c1-3-5-7-8-10-14-30-28-39-37(40-29-30)33-19-21-34(22-20-33)38(41)43-36-25-23-35(24-26-36)42-27-13-18-32-17-12-11-16-31(32)15-9-6-4-2/h19-26,28-29,31-32H,3-18,27H2,1-2H3. The van der Waals surface area contributed by atoms with E-state index in [1.807, 2.05) is 36.7 Å². The van der Waals surface area contributed by atoms with Crippen LogP contribution in [0.5, 0.6) is 11.5 Å². The minimum atomic E-state index is -0.388. The Labute approximate surface area is 259 Å². The number of aromatic nitrogens is 2. The van der Waals surface area contributed by atoms with Gasteiger partial charge in [-0.2, -0.15) is 0 Å². The fraction of sp³-hybridized carbons (Fsp3) is 0.553. The van der Waals surface area contributed by atoms with E-state index in [2.05, 4.69) is 23.8 Å². The fourth-order valence-corrected chi connectivity index (χ4v) is 6.33. The molecule has 5 heteroatoms. The molecular formula is C38H52N2O3. The Hall–Kier alpha value is -3.21. The Kier molecular flexibility index (Phi) is 14.0. The zero-order chi connectivity index (χ0) is 30.1. The first-order chi connectivity index (χ1) is 21.2. The molecule has 1 aliphatic rings.